The number of benzene rings is 1. The number of para-hydroxylation sites is 1. The molecule has 2 rings (SSSR count). The van der Waals surface area contributed by atoms with Crippen LogP contribution in [0.5, 0.6) is 0 Å². The zero-order chi connectivity index (χ0) is 15.6. The minimum atomic E-state index is 0.931. The van der Waals surface area contributed by atoms with Crippen molar-refractivity contribution < 1.29 is 0 Å². The number of hydrogen-bond donors (Lipinski definition) is 0. The first-order chi connectivity index (χ1) is 9.90. The first-order valence-electron chi connectivity index (χ1n) is 7.22. The van der Waals surface area contributed by atoms with E-state index in [4.69, 9.17) is 4.99 Å². The number of nitrogens with zero attached hydrogens (tertiary/aromatic N) is 3. The van der Waals surface area contributed by atoms with E-state index in [1.165, 1.54) is 11.1 Å². The summed E-state index contributed by atoms with van der Waals surface area (Å²) in [6.45, 7) is 12.3. The van der Waals surface area contributed by atoms with Crippen molar-refractivity contribution in [3.05, 3.63) is 52.8 Å². The largest absolute Gasteiger partial charge is 0.251 e. The van der Waals surface area contributed by atoms with Crippen molar-refractivity contribution in [2.24, 2.45) is 10.1 Å². The van der Waals surface area contributed by atoms with Gasteiger partial charge in [0.1, 0.15) is 0 Å². The van der Waals surface area contributed by atoms with Gasteiger partial charge in [-0.3, -0.25) is 4.99 Å². The quantitative estimate of drug-likeness (QED) is 0.727. The summed E-state index contributed by atoms with van der Waals surface area (Å²) in [5.74, 6) is 0. The highest BCUT2D eigenvalue weighted by molar-refractivity contribution is 6.41. The monoisotopic (exact) mass is 281 g/mol. The van der Waals surface area contributed by atoms with Crippen LogP contribution < -0.4 is 0 Å². The lowest BCUT2D eigenvalue weighted by Gasteiger charge is -2.08. The molecule has 0 unspecified atom stereocenters. The highest BCUT2D eigenvalue weighted by Crippen LogP contribution is 2.23. The molecule has 0 amide bonds. The molecule has 0 bridgehead atoms. The maximum atomic E-state index is 4.77. The smallest absolute Gasteiger partial charge is 0.0794 e. The van der Waals surface area contributed by atoms with Gasteiger partial charge in [0.2, 0.25) is 0 Å². The summed E-state index contributed by atoms with van der Waals surface area (Å²) in [7, 11) is 0. The van der Waals surface area contributed by atoms with Gasteiger partial charge in [0, 0.05) is 11.4 Å². The highest BCUT2D eigenvalue weighted by atomic mass is 15.4. The third-order valence-electron chi connectivity index (χ3n) is 3.73. The van der Waals surface area contributed by atoms with Gasteiger partial charge in [-0.2, -0.15) is 5.10 Å². The van der Waals surface area contributed by atoms with E-state index in [1.807, 2.05) is 18.5 Å². The molecular weight excluding hydrogens is 258 g/mol. The Labute approximate surface area is 127 Å². The molecule has 0 aliphatic heterocycles. The summed E-state index contributed by atoms with van der Waals surface area (Å²) in [4.78, 5) is 4.77. The predicted octanol–water partition coefficient (Wildman–Crippen LogP) is 4.74. The Morgan fingerprint density at radius 1 is 0.810 bits per heavy atom. The molecule has 0 aliphatic carbocycles. The van der Waals surface area contributed by atoms with Crippen LogP contribution in [-0.2, 0) is 0 Å². The minimum Gasteiger partial charge on any atom is -0.251 e. The summed E-state index contributed by atoms with van der Waals surface area (Å²) in [5.41, 5.74) is 7.56. The van der Waals surface area contributed by atoms with Crippen LogP contribution in [0.1, 0.15) is 36.4 Å². The van der Waals surface area contributed by atoms with Crippen molar-refractivity contribution in [2.75, 3.05) is 0 Å². The van der Waals surface area contributed by atoms with Crippen LogP contribution in [0.25, 0.3) is 0 Å². The number of aromatic nitrogens is 1. The fourth-order valence-electron chi connectivity index (χ4n) is 2.27. The van der Waals surface area contributed by atoms with Crippen molar-refractivity contribution in [1.82, 2.24) is 4.68 Å². The second kappa shape index (κ2) is 6.08. The molecule has 0 aliphatic rings. The Balaban J connectivity index is 2.39. The topological polar surface area (TPSA) is 29.6 Å². The van der Waals surface area contributed by atoms with Crippen LogP contribution in [0.3, 0.4) is 0 Å². The standard InChI is InChI=1S/C18H23N3/c1-12-8-7-9-13(2)18(12)19-16(5)17(6)20-21-14(3)10-11-15(21)4/h7-11H,1-6H3/b19-16?,20-17+. The molecule has 3 heteroatoms. The Hall–Kier alpha value is -2.16. The normalized spacial score (nSPS) is 12.9. The first kappa shape index (κ1) is 15.2. The molecular formula is C18H23N3. The summed E-state index contributed by atoms with van der Waals surface area (Å²) >= 11 is 0. The average Bonchev–Trinajstić information content (AvgIpc) is 2.74. The van der Waals surface area contributed by atoms with Gasteiger partial charge in [-0.25, -0.2) is 4.68 Å². The lowest BCUT2D eigenvalue weighted by atomic mass is 10.1. The summed E-state index contributed by atoms with van der Waals surface area (Å²) < 4.78 is 1.96. The van der Waals surface area contributed by atoms with Crippen LogP contribution in [-0.4, -0.2) is 16.1 Å². The number of aryl methyl sites for hydroxylation is 4. The van der Waals surface area contributed by atoms with Gasteiger partial charge in [-0.15, -0.1) is 0 Å². The van der Waals surface area contributed by atoms with E-state index in [9.17, 15) is 0 Å². The Bertz CT molecular complexity index is 678. The van der Waals surface area contributed by atoms with E-state index in [0.717, 1.165) is 28.5 Å². The predicted molar refractivity (Wildman–Crippen MR) is 91.1 cm³/mol. The van der Waals surface area contributed by atoms with Gasteiger partial charge in [0.15, 0.2) is 0 Å². The van der Waals surface area contributed by atoms with Crippen LogP contribution >= 0.6 is 0 Å². The van der Waals surface area contributed by atoms with Gasteiger partial charge < -0.3 is 0 Å². The Morgan fingerprint density at radius 3 is 1.86 bits per heavy atom. The molecule has 0 N–H and O–H groups in total. The van der Waals surface area contributed by atoms with E-state index in [0.29, 0.717) is 0 Å². The van der Waals surface area contributed by atoms with Crippen LogP contribution in [0, 0.1) is 27.7 Å². The second-order valence-corrected chi connectivity index (χ2v) is 5.55. The Kier molecular flexibility index (Phi) is 4.41. The fraction of sp³-hybridized carbons (Fsp3) is 0.333. The molecule has 110 valence electrons. The zero-order valence-electron chi connectivity index (χ0n) is 13.7. The molecule has 0 saturated heterocycles. The van der Waals surface area contributed by atoms with E-state index < -0.39 is 0 Å². The van der Waals surface area contributed by atoms with Gasteiger partial charge in [0.05, 0.1) is 17.1 Å². The van der Waals surface area contributed by atoms with Gasteiger partial charge in [-0.1, -0.05) is 18.2 Å². The van der Waals surface area contributed by atoms with E-state index in [-0.39, 0.29) is 0 Å². The summed E-state index contributed by atoms with van der Waals surface area (Å²) in [5, 5.41) is 4.68. The molecule has 21 heavy (non-hydrogen) atoms. The molecule has 1 heterocycles. The number of hydrogen-bond acceptors (Lipinski definition) is 2. The molecule has 1 aromatic carbocycles. The van der Waals surface area contributed by atoms with Crippen LogP contribution in [0.4, 0.5) is 5.69 Å². The minimum absolute atomic E-state index is 0.931. The van der Waals surface area contributed by atoms with Crippen molar-refractivity contribution in [1.29, 1.82) is 0 Å². The molecule has 0 fully saturated rings. The van der Waals surface area contributed by atoms with E-state index in [1.54, 1.807) is 0 Å². The van der Waals surface area contributed by atoms with Crippen molar-refractivity contribution in [3.8, 4) is 0 Å². The van der Waals surface area contributed by atoms with Gasteiger partial charge >= 0.3 is 0 Å². The van der Waals surface area contributed by atoms with Crippen LogP contribution in [0.15, 0.2) is 40.4 Å². The maximum absolute atomic E-state index is 4.77. The SMILES string of the molecule is CC(=Nc1c(C)cccc1C)/C(C)=N/n1c(C)ccc1C. The average molecular weight is 281 g/mol. The van der Waals surface area contributed by atoms with Crippen molar-refractivity contribution in [2.45, 2.75) is 41.5 Å². The van der Waals surface area contributed by atoms with Gasteiger partial charge in [0.25, 0.3) is 0 Å². The molecule has 0 atom stereocenters. The fourth-order valence-corrected chi connectivity index (χ4v) is 2.27. The second-order valence-electron chi connectivity index (χ2n) is 5.55. The van der Waals surface area contributed by atoms with Crippen molar-refractivity contribution >= 4 is 17.1 Å². The molecule has 0 spiro atoms. The molecule has 0 radical (unpaired) electrons. The van der Waals surface area contributed by atoms with E-state index >= 15 is 0 Å². The molecule has 1 aromatic heterocycles. The lowest BCUT2D eigenvalue weighted by Crippen LogP contribution is -2.09. The molecule has 0 saturated carbocycles. The number of aliphatic imine (C=N–C) groups is 1. The summed E-state index contributed by atoms with van der Waals surface area (Å²) in [6, 6.07) is 10.4. The first-order valence-corrected chi connectivity index (χ1v) is 7.22. The van der Waals surface area contributed by atoms with Gasteiger partial charge in [-0.05, 0) is 64.8 Å². The van der Waals surface area contributed by atoms with Crippen LogP contribution in [0.2, 0.25) is 0 Å². The van der Waals surface area contributed by atoms with E-state index in [2.05, 4.69) is 63.1 Å². The third kappa shape index (κ3) is 3.30. The molecule has 3 nitrogen and oxygen atoms in total. The summed E-state index contributed by atoms with van der Waals surface area (Å²) in [6.07, 6.45) is 0. The number of rotatable bonds is 3. The lowest BCUT2D eigenvalue weighted by molar-refractivity contribution is 0.814. The third-order valence-corrected chi connectivity index (χ3v) is 3.73. The maximum Gasteiger partial charge on any atom is 0.0794 e. The molecule has 2 aromatic rings. The van der Waals surface area contributed by atoms with Crippen molar-refractivity contribution in [3.63, 3.8) is 0 Å². The Morgan fingerprint density at radius 2 is 1.33 bits per heavy atom. The zero-order valence-corrected chi connectivity index (χ0v) is 13.7. The highest BCUT2D eigenvalue weighted by Gasteiger charge is 2.05.